The highest BCUT2D eigenvalue weighted by atomic mass is 16.5. The van der Waals surface area contributed by atoms with E-state index in [4.69, 9.17) is 14.3 Å². The van der Waals surface area contributed by atoms with Gasteiger partial charge in [-0.1, -0.05) is 0 Å². The number of morpholine rings is 1. The monoisotopic (exact) mass is 294 g/mol. The van der Waals surface area contributed by atoms with Gasteiger partial charge >= 0.3 is 5.97 Å². The summed E-state index contributed by atoms with van der Waals surface area (Å²) in [5.74, 6) is 0.309. The molecule has 1 aromatic rings. The molecular weight excluding hydrogens is 272 g/mol. The maximum Gasteiger partial charge on any atom is 0.339 e. The van der Waals surface area contributed by atoms with Gasteiger partial charge in [0.1, 0.15) is 17.1 Å². The van der Waals surface area contributed by atoms with Crippen LogP contribution in [-0.2, 0) is 11.3 Å². The van der Waals surface area contributed by atoms with Crippen LogP contribution >= 0.6 is 0 Å². The zero-order valence-corrected chi connectivity index (χ0v) is 12.4. The Balaban J connectivity index is 1.57. The van der Waals surface area contributed by atoms with Crippen LogP contribution in [0.3, 0.4) is 0 Å². The van der Waals surface area contributed by atoms with Crippen molar-refractivity contribution < 1.29 is 19.1 Å². The number of carboxylic acids is 1. The van der Waals surface area contributed by atoms with Gasteiger partial charge in [-0.25, -0.2) is 4.79 Å². The highest BCUT2D eigenvalue weighted by Crippen LogP contribution is 2.21. The first-order chi connectivity index (χ1) is 10.1. The molecule has 0 aromatic carbocycles. The number of aryl methyl sites for hydroxylation is 1. The number of likely N-dealkylation sites (tertiary alicyclic amines) is 1. The van der Waals surface area contributed by atoms with Gasteiger partial charge < -0.3 is 14.3 Å². The maximum absolute atomic E-state index is 11.0. The van der Waals surface area contributed by atoms with Gasteiger partial charge in [0.25, 0.3) is 0 Å². The van der Waals surface area contributed by atoms with Gasteiger partial charge in [-0.05, 0) is 19.4 Å². The Hall–Kier alpha value is -1.37. The van der Waals surface area contributed by atoms with Crippen LogP contribution in [0.5, 0.6) is 0 Å². The molecule has 2 aliphatic rings. The third-order valence-electron chi connectivity index (χ3n) is 4.39. The van der Waals surface area contributed by atoms with Crippen molar-refractivity contribution in [1.29, 1.82) is 0 Å². The molecule has 2 saturated heterocycles. The number of carboxylic acid groups (broad SMARTS) is 1. The van der Waals surface area contributed by atoms with E-state index in [0.717, 1.165) is 51.6 Å². The first-order valence-electron chi connectivity index (χ1n) is 7.50. The Morgan fingerprint density at radius 1 is 1.38 bits per heavy atom. The summed E-state index contributed by atoms with van der Waals surface area (Å²) in [6, 6.07) is 2.24. The summed E-state index contributed by atoms with van der Waals surface area (Å²) < 4.78 is 11.0. The number of ether oxygens (including phenoxy) is 1. The predicted octanol–water partition coefficient (Wildman–Crippen LogP) is 1.19. The van der Waals surface area contributed by atoms with Crippen LogP contribution < -0.4 is 0 Å². The van der Waals surface area contributed by atoms with E-state index in [1.807, 2.05) is 0 Å². The van der Waals surface area contributed by atoms with Crippen LogP contribution in [-0.4, -0.2) is 66.3 Å². The molecule has 1 atom stereocenters. The molecule has 0 radical (unpaired) electrons. The highest BCUT2D eigenvalue weighted by molar-refractivity contribution is 5.88. The van der Waals surface area contributed by atoms with Gasteiger partial charge in [0.15, 0.2) is 0 Å². The molecule has 6 heteroatoms. The van der Waals surface area contributed by atoms with Gasteiger partial charge in [0.2, 0.25) is 0 Å². The van der Waals surface area contributed by atoms with Crippen molar-refractivity contribution >= 4 is 5.97 Å². The maximum atomic E-state index is 11.0. The number of hydrogen-bond donors (Lipinski definition) is 1. The molecule has 1 N–H and O–H groups in total. The van der Waals surface area contributed by atoms with E-state index in [-0.39, 0.29) is 5.56 Å². The van der Waals surface area contributed by atoms with Crippen LogP contribution in [0.2, 0.25) is 0 Å². The summed E-state index contributed by atoms with van der Waals surface area (Å²) in [6.07, 6.45) is 1.16. The predicted molar refractivity (Wildman–Crippen MR) is 76.5 cm³/mol. The van der Waals surface area contributed by atoms with Gasteiger partial charge in [0.05, 0.1) is 19.8 Å². The minimum atomic E-state index is -0.921. The molecule has 0 amide bonds. The molecule has 0 spiro atoms. The molecule has 1 aromatic heterocycles. The van der Waals surface area contributed by atoms with Crippen LogP contribution in [0.25, 0.3) is 0 Å². The second kappa shape index (κ2) is 6.17. The third kappa shape index (κ3) is 3.28. The van der Waals surface area contributed by atoms with E-state index in [1.165, 1.54) is 0 Å². The first-order valence-corrected chi connectivity index (χ1v) is 7.50. The standard InChI is InChI=1S/C15H22N2O4/c1-11-14(15(18)19)8-13(21-11)10-16-3-2-12(9-16)17-4-6-20-7-5-17/h8,12H,2-7,9-10H2,1H3,(H,18,19). The summed E-state index contributed by atoms with van der Waals surface area (Å²) >= 11 is 0. The molecule has 0 aliphatic carbocycles. The molecule has 3 heterocycles. The topological polar surface area (TPSA) is 66.2 Å². The molecule has 1 unspecified atom stereocenters. The van der Waals surface area contributed by atoms with Crippen molar-refractivity contribution in [1.82, 2.24) is 9.80 Å². The second-order valence-corrected chi connectivity index (χ2v) is 5.81. The zero-order chi connectivity index (χ0) is 14.8. The summed E-state index contributed by atoms with van der Waals surface area (Å²) in [5.41, 5.74) is 0.272. The van der Waals surface area contributed by atoms with E-state index in [0.29, 0.717) is 18.3 Å². The number of furan rings is 1. The lowest BCUT2D eigenvalue weighted by molar-refractivity contribution is 0.0182. The van der Waals surface area contributed by atoms with Crippen LogP contribution in [0, 0.1) is 6.92 Å². The lowest BCUT2D eigenvalue weighted by atomic mass is 10.2. The Morgan fingerprint density at radius 3 is 2.81 bits per heavy atom. The number of carbonyl (C=O) groups is 1. The fourth-order valence-corrected chi connectivity index (χ4v) is 3.25. The number of aromatic carboxylic acids is 1. The molecule has 2 aliphatic heterocycles. The van der Waals surface area contributed by atoms with Crippen molar-refractivity contribution in [2.75, 3.05) is 39.4 Å². The van der Waals surface area contributed by atoms with Gasteiger partial charge in [-0.3, -0.25) is 9.80 Å². The average molecular weight is 294 g/mol. The molecule has 6 nitrogen and oxygen atoms in total. The van der Waals surface area contributed by atoms with Crippen molar-refractivity contribution in [2.24, 2.45) is 0 Å². The molecule has 21 heavy (non-hydrogen) atoms. The Bertz CT molecular complexity index is 508. The molecule has 3 rings (SSSR count). The van der Waals surface area contributed by atoms with Crippen LogP contribution in [0.4, 0.5) is 0 Å². The van der Waals surface area contributed by atoms with Crippen molar-refractivity contribution in [2.45, 2.75) is 25.9 Å². The van der Waals surface area contributed by atoms with E-state index >= 15 is 0 Å². The van der Waals surface area contributed by atoms with E-state index < -0.39 is 5.97 Å². The average Bonchev–Trinajstić information content (AvgIpc) is 3.07. The molecular formula is C15H22N2O4. The number of nitrogens with zero attached hydrogens (tertiary/aromatic N) is 2. The van der Waals surface area contributed by atoms with Gasteiger partial charge in [-0.15, -0.1) is 0 Å². The van der Waals surface area contributed by atoms with Crippen molar-refractivity contribution in [3.8, 4) is 0 Å². The molecule has 2 fully saturated rings. The Labute approximate surface area is 124 Å². The molecule has 0 saturated carbocycles. The summed E-state index contributed by atoms with van der Waals surface area (Å²) in [4.78, 5) is 15.9. The molecule has 116 valence electrons. The summed E-state index contributed by atoms with van der Waals surface area (Å²) in [6.45, 7) is 8.13. The first kappa shape index (κ1) is 14.6. The smallest absolute Gasteiger partial charge is 0.339 e. The van der Waals surface area contributed by atoms with Crippen molar-refractivity contribution in [3.63, 3.8) is 0 Å². The largest absolute Gasteiger partial charge is 0.478 e. The minimum Gasteiger partial charge on any atom is -0.478 e. The fraction of sp³-hybridized carbons (Fsp3) is 0.667. The van der Waals surface area contributed by atoms with Crippen LogP contribution in [0.1, 0.15) is 28.3 Å². The minimum absolute atomic E-state index is 0.272. The zero-order valence-electron chi connectivity index (χ0n) is 12.4. The normalized spacial score (nSPS) is 24.5. The molecule has 0 bridgehead atoms. The Morgan fingerprint density at radius 2 is 2.14 bits per heavy atom. The second-order valence-electron chi connectivity index (χ2n) is 5.81. The number of rotatable bonds is 4. The summed E-state index contributed by atoms with van der Waals surface area (Å²) in [5, 5.41) is 9.06. The van der Waals surface area contributed by atoms with E-state index in [2.05, 4.69) is 9.80 Å². The quantitative estimate of drug-likeness (QED) is 0.900. The SMILES string of the molecule is Cc1oc(CN2CCC(N3CCOCC3)C2)cc1C(=O)O. The van der Waals surface area contributed by atoms with Crippen LogP contribution in [0.15, 0.2) is 10.5 Å². The van der Waals surface area contributed by atoms with E-state index in [9.17, 15) is 4.79 Å². The summed E-state index contributed by atoms with van der Waals surface area (Å²) in [7, 11) is 0. The van der Waals surface area contributed by atoms with Gasteiger partial charge in [-0.2, -0.15) is 0 Å². The number of hydrogen-bond acceptors (Lipinski definition) is 5. The van der Waals surface area contributed by atoms with Gasteiger partial charge in [0, 0.05) is 32.2 Å². The lowest BCUT2D eigenvalue weighted by Crippen LogP contribution is -2.44. The van der Waals surface area contributed by atoms with E-state index in [1.54, 1.807) is 13.0 Å². The highest BCUT2D eigenvalue weighted by Gasteiger charge is 2.29. The fourth-order valence-electron chi connectivity index (χ4n) is 3.25. The third-order valence-corrected chi connectivity index (χ3v) is 4.39. The lowest BCUT2D eigenvalue weighted by Gasteiger charge is -2.32. The Kier molecular flexibility index (Phi) is 4.28. The van der Waals surface area contributed by atoms with Crippen molar-refractivity contribution in [3.05, 3.63) is 23.2 Å².